The fraction of sp³-hybridized carbons (Fsp3) is 0.333. The van der Waals surface area contributed by atoms with E-state index in [1.54, 1.807) is 35.2 Å². The molecule has 0 unspecified atom stereocenters. The number of ether oxygens (including phenoxy) is 3. The van der Waals surface area contributed by atoms with Gasteiger partial charge in [0.15, 0.2) is 18.1 Å². The lowest BCUT2D eigenvalue weighted by Crippen LogP contribution is -2.46. The molecule has 2 heterocycles. The number of aryl methyl sites for hydroxylation is 1. The summed E-state index contributed by atoms with van der Waals surface area (Å²) in [7, 11) is 0. The van der Waals surface area contributed by atoms with Gasteiger partial charge in [-0.2, -0.15) is 0 Å². The fourth-order valence-electron chi connectivity index (χ4n) is 3.90. The lowest BCUT2D eigenvalue weighted by Gasteiger charge is -2.28. The molecule has 4 rings (SSSR count). The molecule has 0 spiro atoms. The molecule has 0 atom stereocenters. The van der Waals surface area contributed by atoms with E-state index >= 15 is 0 Å². The zero-order valence-electron chi connectivity index (χ0n) is 21.2. The lowest BCUT2D eigenvalue weighted by atomic mass is 10.2. The molecule has 2 aliphatic heterocycles. The normalized spacial score (nSPS) is 16.6. The highest BCUT2D eigenvalue weighted by Crippen LogP contribution is 2.34. The van der Waals surface area contributed by atoms with Gasteiger partial charge in [-0.15, -0.1) is 0 Å². The van der Waals surface area contributed by atoms with E-state index in [1.807, 2.05) is 32.0 Å². The summed E-state index contributed by atoms with van der Waals surface area (Å²) >= 11 is 0.783. The second-order valence-electron chi connectivity index (χ2n) is 8.61. The van der Waals surface area contributed by atoms with Gasteiger partial charge in [-0.1, -0.05) is 18.2 Å². The first kappa shape index (κ1) is 27.2. The van der Waals surface area contributed by atoms with Crippen LogP contribution >= 0.6 is 11.8 Å². The number of morpholine rings is 1. The lowest BCUT2D eigenvalue weighted by molar-refractivity contribution is -0.139. The molecule has 2 aromatic carbocycles. The molecule has 10 nitrogen and oxygen atoms in total. The zero-order valence-corrected chi connectivity index (χ0v) is 22.0. The Hall–Kier alpha value is -3.83. The van der Waals surface area contributed by atoms with Crippen molar-refractivity contribution in [2.75, 3.05) is 51.4 Å². The van der Waals surface area contributed by atoms with Crippen molar-refractivity contribution in [1.29, 1.82) is 0 Å². The Labute approximate surface area is 224 Å². The van der Waals surface area contributed by atoms with E-state index in [-0.39, 0.29) is 29.9 Å². The van der Waals surface area contributed by atoms with E-state index in [1.165, 1.54) is 0 Å². The van der Waals surface area contributed by atoms with E-state index in [0.29, 0.717) is 55.7 Å². The maximum atomic E-state index is 12.9. The second kappa shape index (κ2) is 12.6. The molecule has 0 aromatic heterocycles. The highest BCUT2D eigenvalue weighted by molar-refractivity contribution is 8.18. The molecule has 200 valence electrons. The smallest absolute Gasteiger partial charge is 0.294 e. The van der Waals surface area contributed by atoms with E-state index < -0.39 is 11.1 Å². The van der Waals surface area contributed by atoms with Crippen molar-refractivity contribution in [2.24, 2.45) is 0 Å². The number of imide groups is 1. The molecular formula is C27H29N3O7S. The van der Waals surface area contributed by atoms with Gasteiger partial charge in [-0.05, 0) is 67.1 Å². The first-order chi connectivity index (χ1) is 18.3. The summed E-state index contributed by atoms with van der Waals surface area (Å²) in [5, 5.41) is 2.29. The van der Waals surface area contributed by atoms with Crippen LogP contribution in [0.5, 0.6) is 11.5 Å². The summed E-state index contributed by atoms with van der Waals surface area (Å²) in [6.07, 6.45) is 1.57. The van der Waals surface area contributed by atoms with Crippen LogP contribution in [0, 0.1) is 6.92 Å². The third-order valence-corrected chi connectivity index (χ3v) is 6.66. The summed E-state index contributed by atoms with van der Waals surface area (Å²) in [4.78, 5) is 53.0. The second-order valence-corrected chi connectivity index (χ2v) is 9.60. The van der Waals surface area contributed by atoms with Gasteiger partial charge in [0, 0.05) is 18.8 Å². The molecule has 0 aliphatic carbocycles. The summed E-state index contributed by atoms with van der Waals surface area (Å²) in [5.74, 6) is -0.363. The first-order valence-electron chi connectivity index (χ1n) is 12.2. The Morgan fingerprint density at radius 3 is 2.61 bits per heavy atom. The molecule has 1 N–H and O–H groups in total. The quantitative estimate of drug-likeness (QED) is 0.483. The van der Waals surface area contributed by atoms with Crippen LogP contribution in [-0.2, 0) is 19.1 Å². The Balaban J connectivity index is 1.41. The van der Waals surface area contributed by atoms with Gasteiger partial charge in [0.2, 0.25) is 5.91 Å². The summed E-state index contributed by atoms with van der Waals surface area (Å²) in [6, 6.07) is 12.5. The number of benzene rings is 2. The summed E-state index contributed by atoms with van der Waals surface area (Å²) in [5.41, 5.74) is 2.31. The minimum Gasteiger partial charge on any atom is -0.490 e. The number of thioether (sulfide) groups is 1. The van der Waals surface area contributed by atoms with Crippen LogP contribution in [0.1, 0.15) is 18.1 Å². The number of hydrogen-bond donors (Lipinski definition) is 1. The van der Waals surface area contributed by atoms with Crippen LogP contribution in [0.4, 0.5) is 10.5 Å². The number of nitrogens with one attached hydrogen (secondary N) is 1. The standard InChI is InChI=1S/C27H29N3O7S/c1-3-36-22-14-19(7-8-21(22)37-17-24(31)28-20-6-4-5-18(2)13-20)15-23-26(33)30(27(34)38-23)16-25(32)29-9-11-35-12-10-29/h4-8,13-15H,3,9-12,16-17H2,1-2H3,(H,28,31)/b23-15+. The van der Waals surface area contributed by atoms with Crippen molar-refractivity contribution in [3.05, 3.63) is 58.5 Å². The molecular weight excluding hydrogens is 510 g/mol. The van der Waals surface area contributed by atoms with Crippen LogP contribution in [0.2, 0.25) is 0 Å². The maximum Gasteiger partial charge on any atom is 0.294 e. The molecule has 38 heavy (non-hydrogen) atoms. The minimum absolute atomic E-state index is 0.207. The van der Waals surface area contributed by atoms with Gasteiger partial charge < -0.3 is 24.4 Å². The highest BCUT2D eigenvalue weighted by Gasteiger charge is 2.37. The van der Waals surface area contributed by atoms with Crippen LogP contribution in [0.15, 0.2) is 47.4 Å². The number of rotatable bonds is 9. The Kier molecular flexibility index (Phi) is 9.03. The largest absolute Gasteiger partial charge is 0.490 e. The molecule has 11 heteroatoms. The minimum atomic E-state index is -0.521. The molecule has 0 saturated carbocycles. The number of carbonyl (C=O) groups is 4. The Morgan fingerprint density at radius 1 is 1.08 bits per heavy atom. The van der Waals surface area contributed by atoms with E-state index in [0.717, 1.165) is 22.2 Å². The fourth-order valence-corrected chi connectivity index (χ4v) is 4.74. The molecule has 4 amide bonds. The van der Waals surface area contributed by atoms with E-state index in [9.17, 15) is 19.2 Å². The van der Waals surface area contributed by atoms with Gasteiger partial charge in [-0.3, -0.25) is 24.1 Å². The third-order valence-electron chi connectivity index (χ3n) is 5.76. The van der Waals surface area contributed by atoms with E-state index in [4.69, 9.17) is 14.2 Å². The average Bonchev–Trinajstić information content (AvgIpc) is 3.16. The SMILES string of the molecule is CCOc1cc(/C=C2/SC(=O)N(CC(=O)N3CCOCC3)C2=O)ccc1OCC(=O)Nc1cccc(C)c1. The van der Waals surface area contributed by atoms with Crippen molar-refractivity contribution in [1.82, 2.24) is 9.80 Å². The number of carbonyl (C=O) groups excluding carboxylic acids is 4. The number of anilines is 1. The summed E-state index contributed by atoms with van der Waals surface area (Å²) in [6.45, 7) is 5.34. The Bertz CT molecular complexity index is 1260. The number of amides is 4. The Morgan fingerprint density at radius 2 is 1.87 bits per heavy atom. The topological polar surface area (TPSA) is 114 Å². The van der Waals surface area contributed by atoms with E-state index in [2.05, 4.69) is 5.32 Å². The predicted molar refractivity (Wildman–Crippen MR) is 143 cm³/mol. The molecule has 0 radical (unpaired) electrons. The predicted octanol–water partition coefficient (Wildman–Crippen LogP) is 3.31. The highest BCUT2D eigenvalue weighted by atomic mass is 32.2. The molecule has 2 saturated heterocycles. The van der Waals surface area contributed by atoms with Gasteiger partial charge in [-0.25, -0.2) is 0 Å². The van der Waals surface area contributed by atoms with Crippen molar-refractivity contribution in [3.63, 3.8) is 0 Å². The number of hydrogen-bond acceptors (Lipinski definition) is 8. The van der Waals surface area contributed by atoms with Crippen LogP contribution < -0.4 is 14.8 Å². The van der Waals surface area contributed by atoms with Gasteiger partial charge in [0.05, 0.1) is 24.7 Å². The van der Waals surface area contributed by atoms with Crippen molar-refractivity contribution in [3.8, 4) is 11.5 Å². The maximum absolute atomic E-state index is 12.9. The van der Waals surface area contributed by atoms with Crippen molar-refractivity contribution >= 4 is 46.5 Å². The number of nitrogens with zero attached hydrogens (tertiary/aromatic N) is 2. The van der Waals surface area contributed by atoms with Gasteiger partial charge in [0.25, 0.3) is 17.1 Å². The van der Waals surface area contributed by atoms with Gasteiger partial charge in [0.1, 0.15) is 6.54 Å². The average molecular weight is 540 g/mol. The molecule has 2 fully saturated rings. The monoisotopic (exact) mass is 539 g/mol. The van der Waals surface area contributed by atoms with Gasteiger partial charge >= 0.3 is 0 Å². The zero-order chi connectivity index (χ0) is 27.1. The third kappa shape index (κ3) is 6.93. The molecule has 2 aliphatic rings. The molecule has 2 aromatic rings. The van der Waals surface area contributed by atoms with Crippen LogP contribution in [0.3, 0.4) is 0 Å². The first-order valence-corrected chi connectivity index (χ1v) is 13.0. The molecule has 0 bridgehead atoms. The van der Waals surface area contributed by atoms with Crippen LogP contribution in [0.25, 0.3) is 6.08 Å². The van der Waals surface area contributed by atoms with Crippen molar-refractivity contribution in [2.45, 2.75) is 13.8 Å². The summed E-state index contributed by atoms with van der Waals surface area (Å²) < 4.78 is 16.6. The van der Waals surface area contributed by atoms with Crippen LogP contribution in [-0.4, -0.2) is 78.8 Å². The van der Waals surface area contributed by atoms with Crippen molar-refractivity contribution < 1.29 is 33.4 Å².